The van der Waals surface area contributed by atoms with Crippen LogP contribution in [0.3, 0.4) is 0 Å². The van der Waals surface area contributed by atoms with Crippen molar-refractivity contribution in [3.63, 3.8) is 0 Å². The Labute approximate surface area is 537 Å². The summed E-state index contributed by atoms with van der Waals surface area (Å²) in [6, 6.07) is 6.39. The second kappa shape index (κ2) is 33.0. The molecule has 0 saturated carbocycles. The molecule has 5 atom stereocenters. The van der Waals surface area contributed by atoms with Gasteiger partial charge in [-0.25, -0.2) is 30.2 Å². The van der Waals surface area contributed by atoms with Gasteiger partial charge in [0.1, 0.15) is 23.9 Å². The number of H-pyrrole nitrogens is 3. The summed E-state index contributed by atoms with van der Waals surface area (Å²) in [7, 11) is -10.9. The molecular weight excluding hydrogens is 1270 g/mol. The molecule has 14 N–H and O–H groups in total. The van der Waals surface area contributed by atoms with Crippen LogP contribution in [0.25, 0.3) is 33.5 Å². The van der Waals surface area contributed by atoms with Crippen LogP contribution in [0.1, 0.15) is 122 Å². The lowest BCUT2D eigenvalue weighted by Gasteiger charge is -2.30. The summed E-state index contributed by atoms with van der Waals surface area (Å²) in [5.41, 5.74) is 16.8. The Morgan fingerprint density at radius 3 is 1.18 bits per heavy atom. The SMILES string of the molecule is CC(C)(CCn1cnc2c(=O)[nH]c(N)nc21)CCP(=O)(O)O.CCOC(=O)[C@@H](C)NP(=O)(CCC(C)(C)CCn1cnc2c(=O)[nH]c(N)nc21)Oc1ccccc1.CCOC(=O)[C@H](C)NP(=O)(CCC(C)(C)CCn1cnc2c(=O)[nH]c(N)nc21)N[C@H](C)C(=O)OCC. The minimum absolute atomic E-state index is 0.0121. The predicted molar refractivity (Wildman–Crippen MR) is 353 cm³/mol. The molecule has 0 bridgehead atoms. The highest BCUT2D eigenvalue weighted by Crippen LogP contribution is 2.47. The van der Waals surface area contributed by atoms with E-state index in [0.717, 1.165) is 0 Å². The first-order chi connectivity index (χ1) is 43.4. The number of carbonyl (C=O) groups is 3. The highest BCUT2D eigenvalue weighted by Gasteiger charge is 2.36. The van der Waals surface area contributed by atoms with Gasteiger partial charge in [-0.1, -0.05) is 59.7 Å². The number of para-hydroxylation sites is 1. The Morgan fingerprint density at radius 2 is 0.849 bits per heavy atom. The molecule has 0 aliphatic carbocycles. The highest BCUT2D eigenvalue weighted by molar-refractivity contribution is 7.60. The van der Waals surface area contributed by atoms with Gasteiger partial charge < -0.3 is 59.4 Å². The van der Waals surface area contributed by atoms with Gasteiger partial charge in [-0.3, -0.25) is 57.4 Å². The van der Waals surface area contributed by atoms with E-state index in [1.54, 1.807) is 92.2 Å². The van der Waals surface area contributed by atoms with Crippen LogP contribution in [0.15, 0.2) is 63.7 Å². The molecule has 0 fully saturated rings. The number of aryl methyl sites for hydroxylation is 3. The van der Waals surface area contributed by atoms with Gasteiger partial charge in [0.25, 0.3) is 16.7 Å². The molecule has 33 nitrogen and oxygen atoms in total. The molecule has 0 saturated heterocycles. The van der Waals surface area contributed by atoms with Crippen LogP contribution in [0, 0.1) is 16.2 Å². The molecule has 0 amide bonds. The van der Waals surface area contributed by atoms with E-state index in [2.05, 4.69) is 74.0 Å². The number of nitrogens with one attached hydrogen (secondary N) is 6. The number of aromatic nitrogens is 12. The van der Waals surface area contributed by atoms with Crippen LogP contribution in [-0.2, 0) is 61.9 Å². The summed E-state index contributed by atoms with van der Waals surface area (Å²) in [5, 5.41) is 8.63. The summed E-state index contributed by atoms with van der Waals surface area (Å²) in [6.45, 7) is 24.1. The number of benzene rings is 1. The third-order valence-corrected chi connectivity index (χ3v) is 20.3. The van der Waals surface area contributed by atoms with Crippen molar-refractivity contribution in [3.8, 4) is 5.75 Å². The largest absolute Gasteiger partial charge is 0.465 e. The number of hydrogen-bond donors (Lipinski definition) is 11. The van der Waals surface area contributed by atoms with Crippen molar-refractivity contribution in [2.24, 2.45) is 16.2 Å². The van der Waals surface area contributed by atoms with E-state index in [1.165, 1.54) is 6.33 Å². The van der Waals surface area contributed by atoms with Crippen molar-refractivity contribution in [2.75, 3.05) is 55.5 Å². The fourth-order valence-electron chi connectivity index (χ4n) is 9.24. The molecule has 1 aromatic carbocycles. The first-order valence-electron chi connectivity index (χ1n) is 30.3. The number of rotatable bonds is 32. The normalized spacial score (nSPS) is 14.4. The molecule has 514 valence electrons. The van der Waals surface area contributed by atoms with Crippen molar-refractivity contribution in [2.45, 2.75) is 159 Å². The molecule has 7 rings (SSSR count). The molecule has 36 heteroatoms. The molecule has 93 heavy (non-hydrogen) atoms. The van der Waals surface area contributed by atoms with Crippen molar-refractivity contribution in [3.05, 3.63) is 80.4 Å². The van der Waals surface area contributed by atoms with Crippen LogP contribution in [-0.4, -0.2) is 143 Å². The van der Waals surface area contributed by atoms with Crippen LogP contribution < -0.4 is 53.7 Å². The van der Waals surface area contributed by atoms with E-state index in [1.807, 2.05) is 33.8 Å². The smallest absolute Gasteiger partial charge is 0.325 e. The number of nitrogens with zero attached hydrogens (tertiary/aromatic N) is 9. The highest BCUT2D eigenvalue weighted by atomic mass is 31.2. The average molecular weight is 1360 g/mol. The molecule has 0 radical (unpaired) electrons. The lowest BCUT2D eigenvalue weighted by molar-refractivity contribution is -0.145. The van der Waals surface area contributed by atoms with E-state index in [-0.39, 0.29) is 100 Å². The quantitative estimate of drug-likeness (QED) is 0.0135. The zero-order valence-electron chi connectivity index (χ0n) is 54.8. The Bertz CT molecular complexity index is 3960. The number of aromatic amines is 3. The fourth-order valence-corrected chi connectivity index (χ4v) is 15.2. The molecule has 2 unspecified atom stereocenters. The number of esters is 3. The molecule has 0 aliphatic rings. The maximum atomic E-state index is 13.9. The van der Waals surface area contributed by atoms with Gasteiger partial charge in [-0.15, -0.1) is 0 Å². The summed E-state index contributed by atoms with van der Waals surface area (Å²) in [6.07, 6.45) is 8.29. The second-order valence-electron chi connectivity index (χ2n) is 24.6. The summed E-state index contributed by atoms with van der Waals surface area (Å²) >= 11 is 0. The maximum Gasteiger partial charge on any atom is 0.325 e. The van der Waals surface area contributed by atoms with Gasteiger partial charge in [-0.05, 0) is 108 Å². The minimum atomic E-state index is -3.99. The summed E-state index contributed by atoms with van der Waals surface area (Å²) < 4.78 is 64.9. The first-order valence-corrected chi connectivity index (χ1v) is 35.8. The summed E-state index contributed by atoms with van der Waals surface area (Å²) in [5.74, 6) is -1.02. The monoisotopic (exact) mass is 1360 g/mol. The van der Waals surface area contributed by atoms with Gasteiger partial charge in [0, 0.05) is 25.8 Å². The van der Waals surface area contributed by atoms with Crippen LogP contribution in [0.4, 0.5) is 17.8 Å². The molecule has 6 heterocycles. The molecule has 0 spiro atoms. The van der Waals surface area contributed by atoms with Crippen LogP contribution in [0.2, 0.25) is 0 Å². The minimum Gasteiger partial charge on any atom is -0.465 e. The van der Waals surface area contributed by atoms with Crippen LogP contribution >= 0.6 is 22.6 Å². The number of imidazole rings is 3. The standard InChI is InChI=1S/C23H33N6O5P.C22H38N7O6P.C12H20N5O4P/c1-5-33-21(31)16(2)28-35(32,34-17-9-7-6-8-10-17)14-12-23(3,4)11-13-29-15-25-18-19(29)26-22(24)27-20(18)30;1-7-34-19(31)14(3)27-36(33,28-15(4)20(32)35-8-2)12-10-22(5,6)9-11-29-13-24-16-17(29)25-21(23)26-18(16)30;1-12(2,4-6-22(19,20)21)3-5-17-7-14-8-9(17)15-11(13)16-10(8)18/h6-10,15-16H,5,11-14H2,1-4H3,(H,28,32)(H3,24,26,27,30);13-15H,7-12H2,1-6H3,(H2,27,28,33)(H3,23,25,26,30);7H,3-6H2,1-2H3,(H2,19,20,21)(H3,13,15,16,18)/t16-,35?;14-,15+,36?;/m1../s1. The van der Waals surface area contributed by atoms with Gasteiger partial charge in [0.15, 0.2) is 33.5 Å². The van der Waals surface area contributed by atoms with E-state index < -0.39 is 64.2 Å². The molecule has 7 aromatic rings. The molecule has 0 aliphatic heterocycles. The average Bonchev–Trinajstić information content (AvgIpc) is 1.73. The Morgan fingerprint density at radius 1 is 0.527 bits per heavy atom. The molecular formula is C57H91N18O15P3. The van der Waals surface area contributed by atoms with Gasteiger partial charge in [-0.2, -0.15) is 15.0 Å². The van der Waals surface area contributed by atoms with E-state index in [9.17, 15) is 42.5 Å². The summed E-state index contributed by atoms with van der Waals surface area (Å²) in [4.78, 5) is 122. The lowest BCUT2D eigenvalue weighted by Crippen LogP contribution is -2.43. The maximum absolute atomic E-state index is 13.9. The molecule has 6 aromatic heterocycles. The van der Waals surface area contributed by atoms with E-state index in [4.69, 9.17) is 45.7 Å². The zero-order chi connectivity index (χ0) is 69.3. The number of fused-ring (bicyclic) bond motifs is 3. The number of hydrogen-bond acceptors (Lipinski definition) is 22. The van der Waals surface area contributed by atoms with Crippen molar-refractivity contribution >= 4 is 91.8 Å². The van der Waals surface area contributed by atoms with Gasteiger partial charge in [0.2, 0.25) is 25.3 Å². The number of carbonyl (C=O) groups excluding carboxylic acids is 3. The number of anilines is 3. The number of nitrogens with two attached hydrogens (primary N) is 3. The third-order valence-electron chi connectivity index (χ3n) is 14.9. The van der Waals surface area contributed by atoms with Crippen molar-refractivity contribution < 1.29 is 56.6 Å². The Balaban J connectivity index is 0.000000260. The second-order valence-corrected chi connectivity index (χ2v) is 31.1. The number of nitrogen functional groups attached to an aromatic ring is 3. The fraction of sp³-hybridized carbons (Fsp3) is 0.579. The third kappa shape index (κ3) is 23.7. The van der Waals surface area contributed by atoms with Gasteiger partial charge in [0.05, 0.1) is 51.1 Å². The predicted octanol–water partition coefficient (Wildman–Crippen LogP) is 5.79. The van der Waals surface area contributed by atoms with Crippen LogP contribution in [0.5, 0.6) is 5.75 Å². The Hall–Kier alpha value is -7.63. The Kier molecular flexibility index (Phi) is 27.0. The lowest BCUT2D eigenvalue weighted by atomic mass is 9.86. The topological polar surface area (TPSA) is 485 Å². The van der Waals surface area contributed by atoms with Gasteiger partial charge >= 0.3 is 33.0 Å². The van der Waals surface area contributed by atoms with E-state index in [0.29, 0.717) is 80.9 Å². The first kappa shape index (κ1) is 76.1. The van der Waals surface area contributed by atoms with Crippen molar-refractivity contribution in [1.82, 2.24) is 73.8 Å². The zero-order valence-corrected chi connectivity index (χ0v) is 57.4. The van der Waals surface area contributed by atoms with Crippen molar-refractivity contribution in [1.29, 1.82) is 0 Å². The van der Waals surface area contributed by atoms with E-state index >= 15 is 0 Å². The number of ether oxygens (including phenoxy) is 3.